The number of rotatable bonds is 6. The number of carbonyl (C=O) groups excluding carboxylic acids is 2. The predicted octanol–water partition coefficient (Wildman–Crippen LogP) is 2.85. The topological polar surface area (TPSA) is 84.0 Å². The van der Waals surface area contributed by atoms with Gasteiger partial charge in [0.05, 0.1) is 6.54 Å². The number of hydrogen-bond donors (Lipinski definition) is 2. The fraction of sp³-hybridized carbons (Fsp3) is 0.158. The summed E-state index contributed by atoms with van der Waals surface area (Å²) in [6, 6.07) is 7.75. The summed E-state index contributed by atoms with van der Waals surface area (Å²) in [7, 11) is 0. The van der Waals surface area contributed by atoms with Gasteiger partial charge in [0, 0.05) is 23.8 Å². The van der Waals surface area contributed by atoms with E-state index in [1.807, 2.05) is 18.4 Å². The minimum Gasteiger partial charge on any atom is -0.347 e. The van der Waals surface area contributed by atoms with Gasteiger partial charge >= 0.3 is 0 Å². The summed E-state index contributed by atoms with van der Waals surface area (Å²) < 4.78 is 12.9. The van der Waals surface area contributed by atoms with E-state index in [0.29, 0.717) is 6.54 Å². The molecule has 0 bridgehead atoms. The molecule has 27 heavy (non-hydrogen) atoms. The summed E-state index contributed by atoms with van der Waals surface area (Å²) in [6.45, 7) is 2.51. The van der Waals surface area contributed by atoms with E-state index in [-0.39, 0.29) is 23.7 Å². The molecule has 1 aromatic carbocycles. The second-order valence-corrected chi connectivity index (χ2v) is 6.77. The fourth-order valence-electron chi connectivity index (χ4n) is 2.37. The van der Waals surface area contributed by atoms with Crippen molar-refractivity contribution in [3.63, 3.8) is 0 Å². The van der Waals surface area contributed by atoms with Crippen molar-refractivity contribution >= 4 is 23.2 Å². The maximum absolute atomic E-state index is 12.9. The van der Waals surface area contributed by atoms with Crippen molar-refractivity contribution in [2.24, 2.45) is 0 Å². The Morgan fingerprint density at radius 1 is 0.963 bits per heavy atom. The minimum absolute atomic E-state index is 0.0386. The van der Waals surface area contributed by atoms with E-state index in [9.17, 15) is 14.0 Å². The number of aromatic nitrogens is 2. The van der Waals surface area contributed by atoms with Gasteiger partial charge in [-0.2, -0.15) is 0 Å². The summed E-state index contributed by atoms with van der Waals surface area (Å²) in [6.07, 6.45) is 2.72. The van der Waals surface area contributed by atoms with E-state index < -0.39 is 11.8 Å². The number of nitrogens with one attached hydrogen (secondary N) is 2. The molecule has 0 saturated heterocycles. The molecule has 0 spiro atoms. The van der Waals surface area contributed by atoms with Crippen LogP contribution in [0.15, 0.2) is 48.1 Å². The third kappa shape index (κ3) is 4.73. The molecule has 0 aliphatic rings. The van der Waals surface area contributed by atoms with Crippen LogP contribution in [-0.4, -0.2) is 21.8 Å². The van der Waals surface area contributed by atoms with Crippen molar-refractivity contribution in [2.75, 3.05) is 0 Å². The van der Waals surface area contributed by atoms with Crippen LogP contribution in [0.3, 0.4) is 0 Å². The number of hydrogen-bond acceptors (Lipinski definition) is 5. The lowest BCUT2D eigenvalue weighted by molar-refractivity contribution is 0.0908. The molecule has 2 heterocycles. The second-order valence-electron chi connectivity index (χ2n) is 5.77. The van der Waals surface area contributed by atoms with Gasteiger partial charge in [-0.05, 0) is 41.6 Å². The van der Waals surface area contributed by atoms with Crippen LogP contribution in [0.1, 0.15) is 37.0 Å². The van der Waals surface area contributed by atoms with Crippen LogP contribution >= 0.6 is 11.3 Å². The molecule has 0 unspecified atom stereocenters. The van der Waals surface area contributed by atoms with Crippen LogP contribution < -0.4 is 10.6 Å². The van der Waals surface area contributed by atoms with Gasteiger partial charge in [-0.15, -0.1) is 11.3 Å². The van der Waals surface area contributed by atoms with Gasteiger partial charge in [0.2, 0.25) is 0 Å². The molecule has 138 valence electrons. The largest absolute Gasteiger partial charge is 0.347 e. The Hall–Kier alpha value is -3.13. The summed E-state index contributed by atoms with van der Waals surface area (Å²) in [4.78, 5) is 33.9. The first-order valence-corrected chi connectivity index (χ1v) is 9.07. The standard InChI is InChI=1S/C19H17FN4O2S/c1-12-6-9-27-15(12)11-24-19(26)17-16(21-7-8-22-17)18(25)23-10-13-2-4-14(20)5-3-13/h2-9H,10-11H2,1H3,(H,23,25)(H,24,26). The van der Waals surface area contributed by atoms with Gasteiger partial charge in [-0.25, -0.2) is 14.4 Å². The Labute approximate surface area is 159 Å². The number of halogens is 1. The molecule has 2 amide bonds. The van der Waals surface area contributed by atoms with Gasteiger partial charge in [0.15, 0.2) is 11.4 Å². The SMILES string of the molecule is Cc1ccsc1CNC(=O)c1nccnc1C(=O)NCc1ccc(F)cc1. The maximum atomic E-state index is 12.9. The zero-order chi connectivity index (χ0) is 19.2. The summed E-state index contributed by atoms with van der Waals surface area (Å²) in [5.41, 5.74) is 1.73. The van der Waals surface area contributed by atoms with E-state index in [4.69, 9.17) is 0 Å². The number of amides is 2. The van der Waals surface area contributed by atoms with E-state index in [2.05, 4.69) is 20.6 Å². The Balaban J connectivity index is 1.67. The first-order chi connectivity index (χ1) is 13.0. The Kier molecular flexibility index (Phi) is 5.87. The van der Waals surface area contributed by atoms with Crippen LogP contribution in [0, 0.1) is 12.7 Å². The van der Waals surface area contributed by atoms with Crippen LogP contribution in [0.4, 0.5) is 4.39 Å². The number of aryl methyl sites for hydroxylation is 1. The van der Waals surface area contributed by atoms with Gasteiger partial charge in [-0.1, -0.05) is 12.1 Å². The zero-order valence-electron chi connectivity index (χ0n) is 14.5. The molecule has 0 fully saturated rings. The Bertz CT molecular complexity index is 956. The Morgan fingerprint density at radius 3 is 2.11 bits per heavy atom. The quantitative estimate of drug-likeness (QED) is 0.685. The number of nitrogens with zero attached hydrogens (tertiary/aromatic N) is 2. The van der Waals surface area contributed by atoms with Crippen LogP contribution in [-0.2, 0) is 13.1 Å². The van der Waals surface area contributed by atoms with E-state index >= 15 is 0 Å². The normalized spacial score (nSPS) is 10.4. The molecule has 6 nitrogen and oxygen atoms in total. The number of thiophene rings is 1. The molecular weight excluding hydrogens is 367 g/mol. The lowest BCUT2D eigenvalue weighted by Crippen LogP contribution is -2.31. The highest BCUT2D eigenvalue weighted by atomic mass is 32.1. The summed E-state index contributed by atoms with van der Waals surface area (Å²) >= 11 is 1.55. The smallest absolute Gasteiger partial charge is 0.272 e. The van der Waals surface area contributed by atoms with Gasteiger partial charge in [0.25, 0.3) is 11.8 Å². The highest BCUT2D eigenvalue weighted by Crippen LogP contribution is 2.15. The van der Waals surface area contributed by atoms with Gasteiger partial charge < -0.3 is 10.6 Å². The van der Waals surface area contributed by atoms with Crippen LogP contribution in [0.5, 0.6) is 0 Å². The molecule has 3 aromatic rings. The van der Waals surface area contributed by atoms with Crippen molar-refractivity contribution in [3.05, 3.63) is 81.3 Å². The highest BCUT2D eigenvalue weighted by molar-refractivity contribution is 7.10. The van der Waals surface area contributed by atoms with Crippen molar-refractivity contribution in [2.45, 2.75) is 20.0 Å². The monoisotopic (exact) mass is 384 g/mol. The van der Waals surface area contributed by atoms with Crippen LogP contribution in [0.25, 0.3) is 0 Å². The highest BCUT2D eigenvalue weighted by Gasteiger charge is 2.20. The van der Waals surface area contributed by atoms with Crippen molar-refractivity contribution < 1.29 is 14.0 Å². The second kappa shape index (κ2) is 8.50. The molecule has 0 atom stereocenters. The van der Waals surface area contributed by atoms with E-state index in [1.165, 1.54) is 24.5 Å². The number of benzene rings is 1. The molecular formula is C19H17FN4O2S. The molecule has 0 radical (unpaired) electrons. The average molecular weight is 384 g/mol. The lowest BCUT2D eigenvalue weighted by atomic mass is 10.2. The average Bonchev–Trinajstić information content (AvgIpc) is 3.10. The molecule has 3 rings (SSSR count). The lowest BCUT2D eigenvalue weighted by Gasteiger charge is -2.09. The Morgan fingerprint density at radius 2 is 1.56 bits per heavy atom. The fourth-order valence-corrected chi connectivity index (χ4v) is 3.21. The third-order valence-electron chi connectivity index (χ3n) is 3.87. The van der Waals surface area contributed by atoms with Crippen molar-refractivity contribution in [3.8, 4) is 0 Å². The van der Waals surface area contributed by atoms with Gasteiger partial charge in [-0.3, -0.25) is 9.59 Å². The van der Waals surface area contributed by atoms with Crippen LogP contribution in [0.2, 0.25) is 0 Å². The molecule has 0 aliphatic carbocycles. The molecule has 8 heteroatoms. The minimum atomic E-state index is -0.523. The third-order valence-corrected chi connectivity index (χ3v) is 4.90. The zero-order valence-corrected chi connectivity index (χ0v) is 15.3. The molecule has 0 saturated carbocycles. The molecule has 2 aromatic heterocycles. The summed E-state index contributed by atoms with van der Waals surface area (Å²) in [5, 5.41) is 7.38. The van der Waals surface area contributed by atoms with E-state index in [0.717, 1.165) is 16.0 Å². The summed E-state index contributed by atoms with van der Waals surface area (Å²) in [5.74, 6) is -1.34. The van der Waals surface area contributed by atoms with Crippen molar-refractivity contribution in [1.82, 2.24) is 20.6 Å². The molecule has 2 N–H and O–H groups in total. The van der Waals surface area contributed by atoms with Gasteiger partial charge in [0.1, 0.15) is 5.82 Å². The first kappa shape index (κ1) is 18.7. The first-order valence-electron chi connectivity index (χ1n) is 8.19. The predicted molar refractivity (Wildman–Crippen MR) is 99.8 cm³/mol. The number of carbonyl (C=O) groups is 2. The van der Waals surface area contributed by atoms with Crippen molar-refractivity contribution in [1.29, 1.82) is 0 Å². The molecule has 0 aliphatic heterocycles. The van der Waals surface area contributed by atoms with E-state index in [1.54, 1.807) is 23.5 Å². The maximum Gasteiger partial charge on any atom is 0.272 e.